The van der Waals surface area contributed by atoms with Gasteiger partial charge in [0, 0.05) is 25.5 Å². The lowest BCUT2D eigenvalue weighted by Crippen LogP contribution is -2.18. The van der Waals surface area contributed by atoms with Crippen LogP contribution in [-0.2, 0) is 22.6 Å². The van der Waals surface area contributed by atoms with E-state index in [0.717, 1.165) is 25.1 Å². The molecule has 1 aromatic heterocycles. The SMILES string of the molecule is CCCCCOCC(C=Cc1ccc(Cn2ccnc2)cc1)OCc1ccccc1. The Morgan fingerprint density at radius 2 is 1.83 bits per heavy atom. The number of unbranched alkanes of at least 4 members (excludes halogenated alkanes) is 2. The van der Waals surface area contributed by atoms with Gasteiger partial charge < -0.3 is 14.0 Å². The smallest absolute Gasteiger partial charge is 0.0997 e. The van der Waals surface area contributed by atoms with Gasteiger partial charge in [0.2, 0.25) is 0 Å². The van der Waals surface area contributed by atoms with E-state index in [1.165, 1.54) is 24.0 Å². The molecular weight excluding hydrogens is 372 g/mol. The van der Waals surface area contributed by atoms with Gasteiger partial charge in [-0.2, -0.15) is 0 Å². The average molecular weight is 405 g/mol. The van der Waals surface area contributed by atoms with Crippen molar-refractivity contribution < 1.29 is 9.47 Å². The van der Waals surface area contributed by atoms with Gasteiger partial charge in [-0.05, 0) is 23.1 Å². The van der Waals surface area contributed by atoms with Crippen molar-refractivity contribution in [3.05, 3.63) is 96.1 Å². The second kappa shape index (κ2) is 12.8. The highest BCUT2D eigenvalue weighted by molar-refractivity contribution is 5.50. The van der Waals surface area contributed by atoms with Crippen LogP contribution in [0, 0.1) is 0 Å². The van der Waals surface area contributed by atoms with E-state index in [0.29, 0.717) is 13.2 Å². The number of benzene rings is 2. The standard InChI is InChI=1S/C26H32N2O2/c1-2-3-7-18-29-21-26(30-20-25-8-5-4-6-9-25)15-14-23-10-12-24(13-11-23)19-28-17-16-27-22-28/h4-6,8-17,22,26H,2-3,7,18-21H2,1H3. The second-order valence-electron chi connectivity index (χ2n) is 7.45. The molecule has 4 heteroatoms. The van der Waals surface area contributed by atoms with E-state index in [-0.39, 0.29) is 6.10 Å². The number of ether oxygens (including phenoxy) is 2. The number of rotatable bonds is 13. The molecule has 0 saturated heterocycles. The summed E-state index contributed by atoms with van der Waals surface area (Å²) in [7, 11) is 0. The minimum absolute atomic E-state index is 0.0718. The van der Waals surface area contributed by atoms with Crippen molar-refractivity contribution in [3.63, 3.8) is 0 Å². The number of nitrogens with zero attached hydrogens (tertiary/aromatic N) is 2. The number of hydrogen-bond acceptors (Lipinski definition) is 3. The summed E-state index contributed by atoms with van der Waals surface area (Å²) in [5, 5.41) is 0. The first-order valence-electron chi connectivity index (χ1n) is 10.8. The molecule has 3 rings (SSSR count). The third kappa shape index (κ3) is 7.97. The zero-order valence-corrected chi connectivity index (χ0v) is 17.8. The second-order valence-corrected chi connectivity index (χ2v) is 7.45. The van der Waals surface area contributed by atoms with Crippen LogP contribution in [0.4, 0.5) is 0 Å². The van der Waals surface area contributed by atoms with Crippen LogP contribution >= 0.6 is 0 Å². The Kier molecular flexibility index (Phi) is 9.38. The molecule has 0 N–H and O–H groups in total. The molecule has 0 aliphatic heterocycles. The maximum atomic E-state index is 6.13. The summed E-state index contributed by atoms with van der Waals surface area (Å²) in [6.07, 6.45) is 13.3. The van der Waals surface area contributed by atoms with Gasteiger partial charge in [-0.1, -0.05) is 86.5 Å². The van der Waals surface area contributed by atoms with Crippen LogP contribution in [0.25, 0.3) is 6.08 Å². The number of imidazole rings is 1. The monoisotopic (exact) mass is 404 g/mol. The van der Waals surface area contributed by atoms with Crippen LogP contribution in [0.2, 0.25) is 0 Å². The molecule has 158 valence electrons. The zero-order chi connectivity index (χ0) is 20.9. The third-order valence-corrected chi connectivity index (χ3v) is 4.89. The van der Waals surface area contributed by atoms with Gasteiger partial charge in [0.1, 0.15) is 0 Å². The summed E-state index contributed by atoms with van der Waals surface area (Å²) in [6.45, 7) is 4.98. The van der Waals surface area contributed by atoms with Gasteiger partial charge in [-0.3, -0.25) is 0 Å². The Morgan fingerprint density at radius 3 is 2.57 bits per heavy atom. The first-order chi connectivity index (χ1) is 14.8. The van der Waals surface area contributed by atoms with Crippen molar-refractivity contribution in [2.24, 2.45) is 0 Å². The molecule has 1 atom stereocenters. The van der Waals surface area contributed by atoms with E-state index in [2.05, 4.69) is 65.0 Å². The summed E-state index contributed by atoms with van der Waals surface area (Å²) >= 11 is 0. The van der Waals surface area contributed by atoms with E-state index in [1.54, 1.807) is 6.20 Å². The fourth-order valence-electron chi connectivity index (χ4n) is 3.13. The van der Waals surface area contributed by atoms with E-state index in [4.69, 9.17) is 9.47 Å². The molecule has 0 saturated carbocycles. The van der Waals surface area contributed by atoms with Gasteiger partial charge in [-0.25, -0.2) is 4.98 Å². The van der Waals surface area contributed by atoms with Gasteiger partial charge in [0.25, 0.3) is 0 Å². The van der Waals surface area contributed by atoms with Crippen molar-refractivity contribution in [2.75, 3.05) is 13.2 Å². The lowest BCUT2D eigenvalue weighted by Gasteiger charge is -2.15. The Morgan fingerprint density at radius 1 is 1.00 bits per heavy atom. The molecule has 4 nitrogen and oxygen atoms in total. The first kappa shape index (κ1) is 22.0. The van der Waals surface area contributed by atoms with Gasteiger partial charge in [0.05, 0.1) is 25.6 Å². The van der Waals surface area contributed by atoms with Crippen LogP contribution in [0.5, 0.6) is 0 Å². The maximum absolute atomic E-state index is 6.13. The lowest BCUT2D eigenvalue weighted by molar-refractivity contribution is -0.000243. The zero-order valence-electron chi connectivity index (χ0n) is 17.8. The Labute approximate surface area is 180 Å². The minimum Gasteiger partial charge on any atom is -0.378 e. The molecule has 1 heterocycles. The molecule has 2 aromatic carbocycles. The van der Waals surface area contributed by atoms with Crippen LogP contribution in [0.15, 0.2) is 79.4 Å². The summed E-state index contributed by atoms with van der Waals surface area (Å²) < 4.78 is 14.1. The molecule has 0 bridgehead atoms. The third-order valence-electron chi connectivity index (χ3n) is 4.89. The predicted octanol–water partition coefficient (Wildman–Crippen LogP) is 5.74. The lowest BCUT2D eigenvalue weighted by atomic mass is 10.1. The van der Waals surface area contributed by atoms with Crippen LogP contribution in [0.1, 0.15) is 42.9 Å². The highest BCUT2D eigenvalue weighted by atomic mass is 16.5. The van der Waals surface area contributed by atoms with Crippen molar-refractivity contribution in [1.29, 1.82) is 0 Å². The van der Waals surface area contributed by atoms with E-state index in [1.807, 2.05) is 30.7 Å². The quantitative estimate of drug-likeness (QED) is 0.341. The van der Waals surface area contributed by atoms with Gasteiger partial charge in [0.15, 0.2) is 0 Å². The van der Waals surface area contributed by atoms with Crippen molar-refractivity contribution >= 4 is 6.08 Å². The summed E-state index contributed by atoms with van der Waals surface area (Å²) in [5.74, 6) is 0. The molecule has 0 aliphatic rings. The minimum atomic E-state index is -0.0718. The fraction of sp³-hybridized carbons (Fsp3) is 0.346. The van der Waals surface area contributed by atoms with Crippen molar-refractivity contribution in [2.45, 2.75) is 45.4 Å². The summed E-state index contributed by atoms with van der Waals surface area (Å²) in [6, 6.07) is 18.9. The highest BCUT2D eigenvalue weighted by Gasteiger charge is 2.06. The number of hydrogen-bond donors (Lipinski definition) is 0. The Bertz CT molecular complexity index is 843. The molecule has 3 aromatic rings. The summed E-state index contributed by atoms with van der Waals surface area (Å²) in [5.41, 5.74) is 3.58. The predicted molar refractivity (Wildman–Crippen MR) is 122 cm³/mol. The molecule has 0 aliphatic carbocycles. The summed E-state index contributed by atoms with van der Waals surface area (Å²) in [4.78, 5) is 4.09. The normalized spacial score (nSPS) is 12.4. The topological polar surface area (TPSA) is 36.3 Å². The number of aromatic nitrogens is 2. The van der Waals surface area contributed by atoms with E-state index < -0.39 is 0 Å². The molecular formula is C26H32N2O2. The first-order valence-corrected chi connectivity index (χ1v) is 10.8. The molecule has 0 fully saturated rings. The van der Waals surface area contributed by atoms with Gasteiger partial charge >= 0.3 is 0 Å². The molecule has 1 unspecified atom stereocenters. The van der Waals surface area contributed by atoms with Crippen LogP contribution < -0.4 is 0 Å². The van der Waals surface area contributed by atoms with E-state index in [9.17, 15) is 0 Å². The molecule has 0 spiro atoms. The molecule has 30 heavy (non-hydrogen) atoms. The molecule has 0 amide bonds. The fourth-order valence-corrected chi connectivity index (χ4v) is 3.13. The van der Waals surface area contributed by atoms with Crippen molar-refractivity contribution in [3.8, 4) is 0 Å². The van der Waals surface area contributed by atoms with Crippen LogP contribution in [-0.4, -0.2) is 28.9 Å². The average Bonchev–Trinajstić information content (AvgIpc) is 3.30. The molecule has 0 radical (unpaired) electrons. The Hall–Kier alpha value is -2.69. The maximum Gasteiger partial charge on any atom is 0.0997 e. The van der Waals surface area contributed by atoms with E-state index >= 15 is 0 Å². The Balaban J connectivity index is 1.55. The van der Waals surface area contributed by atoms with Crippen LogP contribution in [0.3, 0.4) is 0 Å². The van der Waals surface area contributed by atoms with Crippen molar-refractivity contribution in [1.82, 2.24) is 9.55 Å². The van der Waals surface area contributed by atoms with Gasteiger partial charge in [-0.15, -0.1) is 0 Å². The largest absolute Gasteiger partial charge is 0.378 e. The highest BCUT2D eigenvalue weighted by Crippen LogP contribution is 2.11.